The van der Waals surface area contributed by atoms with E-state index in [9.17, 15) is 14.9 Å². The smallest absolute Gasteiger partial charge is 0.269 e. The van der Waals surface area contributed by atoms with Crippen molar-refractivity contribution in [1.82, 2.24) is 4.98 Å². The van der Waals surface area contributed by atoms with Crippen LogP contribution in [0.4, 0.5) is 11.4 Å². The van der Waals surface area contributed by atoms with Crippen molar-refractivity contribution in [2.45, 2.75) is 20.8 Å². The summed E-state index contributed by atoms with van der Waals surface area (Å²) < 4.78 is 0. The van der Waals surface area contributed by atoms with Crippen LogP contribution in [0.1, 0.15) is 27.0 Å². The summed E-state index contributed by atoms with van der Waals surface area (Å²) in [4.78, 5) is 28.8. The molecule has 0 aliphatic carbocycles. The minimum atomic E-state index is -0.476. The monoisotopic (exact) mass is 445 g/mol. The van der Waals surface area contributed by atoms with Crippen LogP contribution in [-0.2, 0) is 0 Å². The summed E-state index contributed by atoms with van der Waals surface area (Å²) in [6, 6.07) is 17.1. The van der Waals surface area contributed by atoms with Gasteiger partial charge in [-0.1, -0.05) is 35.4 Å². The zero-order valence-corrected chi connectivity index (χ0v) is 18.5. The average Bonchev–Trinajstić information content (AvgIpc) is 2.74. The second-order valence-corrected chi connectivity index (χ2v) is 8.14. The molecule has 4 aromatic rings. The van der Waals surface area contributed by atoms with E-state index in [-0.39, 0.29) is 11.6 Å². The van der Waals surface area contributed by atoms with Gasteiger partial charge < -0.3 is 5.32 Å². The summed E-state index contributed by atoms with van der Waals surface area (Å²) >= 11 is 6.05. The molecule has 1 N–H and O–H groups in total. The highest BCUT2D eigenvalue weighted by Crippen LogP contribution is 2.33. The summed E-state index contributed by atoms with van der Waals surface area (Å²) in [6.45, 7) is 5.83. The van der Waals surface area contributed by atoms with Crippen molar-refractivity contribution in [3.8, 4) is 11.3 Å². The van der Waals surface area contributed by atoms with Gasteiger partial charge in [-0.15, -0.1) is 0 Å². The molecule has 32 heavy (non-hydrogen) atoms. The minimum absolute atomic E-state index is 0.0372. The number of nitro benzene ring substituents is 1. The van der Waals surface area contributed by atoms with E-state index < -0.39 is 4.92 Å². The number of carbonyl (C=O) groups is 1. The molecule has 0 aliphatic rings. The molecule has 1 amide bonds. The molecule has 0 aliphatic heterocycles. The molecule has 0 radical (unpaired) electrons. The maximum Gasteiger partial charge on any atom is 0.269 e. The fraction of sp³-hybridized carbons (Fsp3) is 0.120. The first-order valence-corrected chi connectivity index (χ1v) is 10.4. The van der Waals surface area contributed by atoms with Gasteiger partial charge in [0.05, 0.1) is 21.7 Å². The van der Waals surface area contributed by atoms with Gasteiger partial charge in [-0.2, -0.15) is 0 Å². The predicted octanol–water partition coefficient (Wildman–Crippen LogP) is 6.64. The Hall–Kier alpha value is -3.77. The average molecular weight is 446 g/mol. The Morgan fingerprint density at radius 2 is 1.66 bits per heavy atom. The molecule has 160 valence electrons. The van der Waals surface area contributed by atoms with Crippen molar-refractivity contribution in [3.05, 3.63) is 98.1 Å². The van der Waals surface area contributed by atoms with Gasteiger partial charge in [0.25, 0.3) is 11.6 Å². The lowest BCUT2D eigenvalue weighted by Gasteiger charge is -2.16. The molecular formula is C25H20ClN3O3. The highest BCUT2D eigenvalue weighted by Gasteiger charge is 2.21. The second kappa shape index (κ2) is 8.40. The zero-order valence-electron chi connectivity index (χ0n) is 17.8. The summed E-state index contributed by atoms with van der Waals surface area (Å²) in [5, 5.41) is 15.2. The zero-order chi connectivity index (χ0) is 23.0. The highest BCUT2D eigenvalue weighted by atomic mass is 35.5. The van der Waals surface area contributed by atoms with Crippen LogP contribution in [0.25, 0.3) is 22.2 Å². The maximum atomic E-state index is 13.4. The molecule has 6 nitrogen and oxygen atoms in total. The molecule has 0 atom stereocenters. The van der Waals surface area contributed by atoms with Crippen molar-refractivity contribution >= 4 is 39.8 Å². The molecule has 3 aromatic carbocycles. The first-order valence-electron chi connectivity index (χ1n) is 9.98. The predicted molar refractivity (Wildman–Crippen MR) is 127 cm³/mol. The molecule has 0 unspecified atom stereocenters. The summed E-state index contributed by atoms with van der Waals surface area (Å²) in [5.74, 6) is -0.302. The number of aryl methyl sites for hydroxylation is 2. The number of rotatable bonds is 4. The lowest BCUT2D eigenvalue weighted by atomic mass is 9.94. The molecule has 0 saturated carbocycles. The number of benzene rings is 3. The third-order valence-corrected chi connectivity index (χ3v) is 5.60. The molecular weight excluding hydrogens is 426 g/mol. The van der Waals surface area contributed by atoms with E-state index in [1.165, 1.54) is 24.3 Å². The first-order chi connectivity index (χ1) is 15.2. The SMILES string of the molecule is Cc1cc(C)c2nc(-c3ccc(Cl)cc3)c(C)c(C(=O)Nc3ccc([N+](=O)[O-])cc3)c2c1. The van der Waals surface area contributed by atoms with Gasteiger partial charge in [-0.3, -0.25) is 14.9 Å². The Morgan fingerprint density at radius 1 is 1.00 bits per heavy atom. The standard InChI is InChI=1S/C25H20ClN3O3/c1-14-12-15(2)23-21(13-14)22(16(3)24(28-23)17-4-6-18(26)7-5-17)25(30)27-19-8-10-20(11-9-19)29(31)32/h4-13H,1-3H3,(H,27,30). The van der Waals surface area contributed by atoms with Gasteiger partial charge in [-0.25, -0.2) is 4.98 Å². The number of aromatic nitrogens is 1. The number of carbonyl (C=O) groups excluding carboxylic acids is 1. The molecule has 0 bridgehead atoms. The van der Waals surface area contributed by atoms with Crippen molar-refractivity contribution in [1.29, 1.82) is 0 Å². The van der Waals surface area contributed by atoms with E-state index in [1.54, 1.807) is 12.1 Å². The molecule has 0 fully saturated rings. The summed E-state index contributed by atoms with van der Waals surface area (Å²) in [6.07, 6.45) is 0. The van der Waals surface area contributed by atoms with Gasteiger partial charge in [0.15, 0.2) is 0 Å². The largest absolute Gasteiger partial charge is 0.322 e. The third-order valence-electron chi connectivity index (χ3n) is 5.35. The van der Waals surface area contributed by atoms with Crippen LogP contribution in [-0.4, -0.2) is 15.8 Å². The number of amides is 1. The fourth-order valence-electron chi connectivity index (χ4n) is 3.86. The van der Waals surface area contributed by atoms with Crippen LogP contribution < -0.4 is 5.32 Å². The van der Waals surface area contributed by atoms with Gasteiger partial charge in [0.1, 0.15) is 0 Å². The van der Waals surface area contributed by atoms with Crippen LogP contribution >= 0.6 is 11.6 Å². The summed E-state index contributed by atoms with van der Waals surface area (Å²) in [7, 11) is 0. The van der Waals surface area contributed by atoms with Gasteiger partial charge >= 0.3 is 0 Å². The molecule has 1 heterocycles. The van der Waals surface area contributed by atoms with Crippen molar-refractivity contribution in [3.63, 3.8) is 0 Å². The number of halogens is 1. The normalized spacial score (nSPS) is 10.9. The Morgan fingerprint density at radius 3 is 2.28 bits per heavy atom. The quantitative estimate of drug-likeness (QED) is 0.282. The van der Waals surface area contributed by atoms with Crippen molar-refractivity contribution in [2.24, 2.45) is 0 Å². The number of pyridine rings is 1. The number of nitrogens with one attached hydrogen (secondary N) is 1. The number of nitrogens with zero attached hydrogens (tertiary/aromatic N) is 2. The molecule has 0 saturated heterocycles. The minimum Gasteiger partial charge on any atom is -0.322 e. The van der Waals surface area contributed by atoms with Crippen LogP contribution in [0.3, 0.4) is 0 Å². The fourth-order valence-corrected chi connectivity index (χ4v) is 3.98. The van der Waals surface area contributed by atoms with Crippen LogP contribution in [0, 0.1) is 30.9 Å². The molecule has 1 aromatic heterocycles. The van der Waals surface area contributed by atoms with Crippen LogP contribution in [0.2, 0.25) is 5.02 Å². The second-order valence-electron chi connectivity index (χ2n) is 7.70. The Bertz CT molecular complexity index is 1360. The van der Waals surface area contributed by atoms with Crippen LogP contribution in [0.5, 0.6) is 0 Å². The Kier molecular flexibility index (Phi) is 5.63. The van der Waals surface area contributed by atoms with E-state index in [1.807, 2.05) is 45.0 Å². The van der Waals surface area contributed by atoms with Gasteiger partial charge in [0.2, 0.25) is 0 Å². The van der Waals surface area contributed by atoms with Gasteiger partial charge in [-0.05, 0) is 62.2 Å². The summed E-state index contributed by atoms with van der Waals surface area (Å²) in [5.41, 5.74) is 6.01. The lowest BCUT2D eigenvalue weighted by molar-refractivity contribution is -0.384. The van der Waals surface area contributed by atoms with Crippen LogP contribution in [0.15, 0.2) is 60.7 Å². The number of non-ortho nitro benzene ring substituents is 1. The van der Waals surface area contributed by atoms with Crippen molar-refractivity contribution < 1.29 is 9.72 Å². The molecule has 4 rings (SSSR count). The van der Waals surface area contributed by atoms with E-state index in [4.69, 9.17) is 16.6 Å². The number of hydrogen-bond acceptors (Lipinski definition) is 4. The Balaban J connectivity index is 1.87. The Labute approximate surface area is 190 Å². The van der Waals surface area contributed by atoms with Gasteiger partial charge in [0, 0.05) is 33.8 Å². The highest BCUT2D eigenvalue weighted by molar-refractivity contribution is 6.30. The topological polar surface area (TPSA) is 85.1 Å². The van der Waals surface area contributed by atoms with E-state index >= 15 is 0 Å². The number of fused-ring (bicyclic) bond motifs is 1. The van der Waals surface area contributed by atoms with E-state index in [2.05, 4.69) is 5.32 Å². The van der Waals surface area contributed by atoms with E-state index in [0.29, 0.717) is 22.0 Å². The lowest BCUT2D eigenvalue weighted by Crippen LogP contribution is -2.15. The van der Waals surface area contributed by atoms with E-state index in [0.717, 1.165) is 33.2 Å². The number of hydrogen-bond donors (Lipinski definition) is 1. The maximum absolute atomic E-state index is 13.4. The molecule has 7 heteroatoms. The first kappa shape index (κ1) is 21.5. The number of anilines is 1. The van der Waals surface area contributed by atoms with Crippen molar-refractivity contribution in [2.75, 3.05) is 5.32 Å². The third kappa shape index (κ3) is 4.05. The number of nitro groups is 1. The molecule has 0 spiro atoms.